The van der Waals surface area contributed by atoms with Gasteiger partial charge >= 0.3 is 0 Å². The summed E-state index contributed by atoms with van der Waals surface area (Å²) in [6, 6.07) is 2.05. The van der Waals surface area contributed by atoms with Crippen molar-refractivity contribution in [2.75, 3.05) is 25.5 Å². The second-order valence-corrected chi connectivity index (χ2v) is 5.32. The number of rotatable bonds is 3. The number of ether oxygens (including phenoxy) is 1. The molecule has 7 heteroatoms. The van der Waals surface area contributed by atoms with E-state index in [0.29, 0.717) is 13.1 Å². The predicted molar refractivity (Wildman–Crippen MR) is 79.0 cm³/mol. The number of carbonyl (C=O) groups excluding carboxylic acids is 1. The third kappa shape index (κ3) is 2.82. The molecular formula is C14H19N5O2. The van der Waals surface area contributed by atoms with Gasteiger partial charge in [0.1, 0.15) is 17.8 Å². The maximum atomic E-state index is 11.6. The molecule has 7 nitrogen and oxygen atoms in total. The highest BCUT2D eigenvalue weighted by atomic mass is 16.5. The average Bonchev–Trinajstić information content (AvgIpc) is 2.96. The number of piperidine rings is 1. The maximum absolute atomic E-state index is 11.6. The fourth-order valence-electron chi connectivity index (χ4n) is 2.77. The number of carbonyl (C=O) groups is 1. The van der Waals surface area contributed by atoms with E-state index in [-0.39, 0.29) is 18.1 Å². The number of hydrogen-bond acceptors (Lipinski definition) is 5. The molecule has 3 heterocycles. The minimum Gasteiger partial charge on any atom is -0.380 e. The molecule has 112 valence electrons. The van der Waals surface area contributed by atoms with Gasteiger partial charge in [-0.25, -0.2) is 9.97 Å². The number of H-pyrrole nitrogens is 1. The highest BCUT2D eigenvalue weighted by Gasteiger charge is 2.29. The van der Waals surface area contributed by atoms with Gasteiger partial charge in [0, 0.05) is 39.4 Å². The fourth-order valence-corrected chi connectivity index (χ4v) is 2.77. The lowest BCUT2D eigenvalue weighted by atomic mass is 10.0. The van der Waals surface area contributed by atoms with Crippen LogP contribution in [0.1, 0.15) is 13.3 Å². The molecule has 0 aliphatic carbocycles. The SMILES string of the molecule is CO[C@@H]1C[C@@H](Nc2ncnc3[nH]ccc23)CN(C(C)=O)C1. The molecule has 0 unspecified atom stereocenters. The number of aromatic amines is 1. The number of nitrogens with zero attached hydrogens (tertiary/aromatic N) is 3. The smallest absolute Gasteiger partial charge is 0.219 e. The van der Waals surface area contributed by atoms with Crippen LogP contribution in [0.2, 0.25) is 0 Å². The van der Waals surface area contributed by atoms with E-state index in [9.17, 15) is 4.79 Å². The summed E-state index contributed by atoms with van der Waals surface area (Å²) >= 11 is 0. The Morgan fingerprint density at radius 2 is 2.33 bits per heavy atom. The Balaban J connectivity index is 1.79. The van der Waals surface area contributed by atoms with E-state index in [1.54, 1.807) is 14.0 Å². The van der Waals surface area contributed by atoms with Crippen LogP contribution in [0.3, 0.4) is 0 Å². The van der Waals surface area contributed by atoms with Gasteiger partial charge in [-0.15, -0.1) is 0 Å². The van der Waals surface area contributed by atoms with Crippen LogP contribution >= 0.6 is 0 Å². The molecule has 1 amide bonds. The van der Waals surface area contributed by atoms with Gasteiger partial charge in [0.15, 0.2) is 0 Å². The summed E-state index contributed by atoms with van der Waals surface area (Å²) in [5.74, 6) is 0.851. The quantitative estimate of drug-likeness (QED) is 0.881. The van der Waals surface area contributed by atoms with Gasteiger partial charge in [0.2, 0.25) is 5.91 Å². The van der Waals surface area contributed by atoms with Gasteiger partial charge in [0.05, 0.1) is 11.5 Å². The van der Waals surface area contributed by atoms with Crippen molar-refractivity contribution >= 4 is 22.8 Å². The van der Waals surface area contributed by atoms with Crippen LogP contribution in [0, 0.1) is 0 Å². The van der Waals surface area contributed by atoms with Crippen molar-refractivity contribution in [1.29, 1.82) is 0 Å². The third-order valence-corrected chi connectivity index (χ3v) is 3.89. The van der Waals surface area contributed by atoms with Crippen LogP contribution in [0.4, 0.5) is 5.82 Å². The standard InChI is InChI=1S/C14H19N5O2/c1-9(20)19-6-10(5-11(7-19)21-2)18-14-12-3-4-15-13(12)16-8-17-14/h3-4,8,10-11H,5-7H2,1-2H3,(H2,15,16,17,18)/t10-,11-/m1/s1. The fraction of sp³-hybridized carbons (Fsp3) is 0.500. The van der Waals surface area contributed by atoms with Crippen LogP contribution in [0.25, 0.3) is 11.0 Å². The summed E-state index contributed by atoms with van der Waals surface area (Å²) in [5, 5.41) is 4.36. The van der Waals surface area contributed by atoms with E-state index in [1.165, 1.54) is 6.33 Å². The average molecular weight is 289 g/mol. The second-order valence-electron chi connectivity index (χ2n) is 5.32. The Labute approximate surface area is 122 Å². The molecule has 0 bridgehead atoms. The Hall–Kier alpha value is -2.15. The van der Waals surface area contributed by atoms with E-state index in [0.717, 1.165) is 23.3 Å². The van der Waals surface area contributed by atoms with E-state index in [1.807, 2.05) is 17.2 Å². The molecule has 0 spiro atoms. The van der Waals surface area contributed by atoms with Crippen molar-refractivity contribution in [2.24, 2.45) is 0 Å². The maximum Gasteiger partial charge on any atom is 0.219 e. The molecule has 0 radical (unpaired) electrons. The van der Waals surface area contributed by atoms with Crippen molar-refractivity contribution in [1.82, 2.24) is 19.9 Å². The molecule has 2 aromatic rings. The van der Waals surface area contributed by atoms with Crippen LogP contribution < -0.4 is 5.32 Å². The van der Waals surface area contributed by atoms with Gasteiger partial charge in [-0.05, 0) is 12.5 Å². The zero-order valence-corrected chi connectivity index (χ0v) is 12.2. The first-order valence-corrected chi connectivity index (χ1v) is 7.00. The van der Waals surface area contributed by atoms with E-state index in [2.05, 4.69) is 20.3 Å². The van der Waals surface area contributed by atoms with E-state index >= 15 is 0 Å². The minimum absolute atomic E-state index is 0.0451. The lowest BCUT2D eigenvalue weighted by Gasteiger charge is -2.37. The normalized spacial score (nSPS) is 22.5. The summed E-state index contributed by atoms with van der Waals surface area (Å²) in [6.45, 7) is 2.89. The van der Waals surface area contributed by atoms with Gasteiger partial charge in [-0.3, -0.25) is 4.79 Å². The molecule has 21 heavy (non-hydrogen) atoms. The van der Waals surface area contributed by atoms with E-state index < -0.39 is 0 Å². The van der Waals surface area contributed by atoms with Gasteiger partial charge < -0.3 is 19.9 Å². The van der Waals surface area contributed by atoms with Crippen molar-refractivity contribution in [3.63, 3.8) is 0 Å². The first-order chi connectivity index (χ1) is 10.2. The predicted octanol–water partition coefficient (Wildman–Crippen LogP) is 1.01. The van der Waals surface area contributed by atoms with Crippen molar-refractivity contribution in [2.45, 2.75) is 25.5 Å². The summed E-state index contributed by atoms with van der Waals surface area (Å²) < 4.78 is 5.44. The lowest BCUT2D eigenvalue weighted by Crippen LogP contribution is -2.50. The summed E-state index contributed by atoms with van der Waals surface area (Å²) in [6.07, 6.45) is 4.26. The molecule has 3 rings (SSSR count). The largest absolute Gasteiger partial charge is 0.380 e. The topological polar surface area (TPSA) is 83.1 Å². The number of fused-ring (bicyclic) bond motifs is 1. The van der Waals surface area contributed by atoms with Crippen molar-refractivity contribution < 1.29 is 9.53 Å². The number of likely N-dealkylation sites (tertiary alicyclic amines) is 1. The van der Waals surface area contributed by atoms with Crippen molar-refractivity contribution in [3.8, 4) is 0 Å². The summed E-state index contributed by atoms with van der Waals surface area (Å²) in [5.41, 5.74) is 0.801. The number of hydrogen-bond donors (Lipinski definition) is 2. The minimum atomic E-state index is 0.0451. The second kappa shape index (κ2) is 5.69. The number of anilines is 1. The van der Waals surface area contributed by atoms with E-state index in [4.69, 9.17) is 4.74 Å². The molecule has 0 saturated carbocycles. The van der Waals surface area contributed by atoms with Gasteiger partial charge in [-0.1, -0.05) is 0 Å². The molecule has 1 aliphatic heterocycles. The molecule has 2 aromatic heterocycles. The summed E-state index contributed by atoms with van der Waals surface area (Å²) in [4.78, 5) is 25.0. The molecule has 2 atom stereocenters. The number of amides is 1. The molecule has 2 N–H and O–H groups in total. The third-order valence-electron chi connectivity index (χ3n) is 3.89. The van der Waals surface area contributed by atoms with Gasteiger partial charge in [-0.2, -0.15) is 0 Å². The summed E-state index contributed by atoms with van der Waals surface area (Å²) in [7, 11) is 1.68. The van der Waals surface area contributed by atoms with Gasteiger partial charge in [0.25, 0.3) is 0 Å². The molecule has 1 saturated heterocycles. The monoisotopic (exact) mass is 289 g/mol. The van der Waals surface area contributed by atoms with Crippen LogP contribution in [-0.2, 0) is 9.53 Å². The first kappa shape index (κ1) is 13.8. The zero-order valence-electron chi connectivity index (χ0n) is 12.2. The molecule has 1 aliphatic rings. The van der Waals surface area contributed by atoms with Crippen LogP contribution in [0.5, 0.6) is 0 Å². The zero-order chi connectivity index (χ0) is 14.8. The highest BCUT2D eigenvalue weighted by Crippen LogP contribution is 2.22. The van der Waals surface area contributed by atoms with Crippen molar-refractivity contribution in [3.05, 3.63) is 18.6 Å². The Kier molecular flexibility index (Phi) is 3.74. The molecular weight excluding hydrogens is 270 g/mol. The van der Waals surface area contributed by atoms with Crippen LogP contribution in [0.15, 0.2) is 18.6 Å². The Morgan fingerprint density at radius 3 is 3.10 bits per heavy atom. The molecule has 0 aromatic carbocycles. The number of aromatic nitrogens is 3. The lowest BCUT2D eigenvalue weighted by molar-refractivity contribution is -0.132. The number of methoxy groups -OCH3 is 1. The Bertz CT molecular complexity index is 641. The van der Waals surface area contributed by atoms with Crippen LogP contribution in [-0.4, -0.2) is 58.1 Å². The highest BCUT2D eigenvalue weighted by molar-refractivity contribution is 5.86. The number of nitrogens with one attached hydrogen (secondary N) is 2. The Morgan fingerprint density at radius 1 is 1.48 bits per heavy atom. The first-order valence-electron chi connectivity index (χ1n) is 7.00. The molecule has 1 fully saturated rings.